The van der Waals surface area contributed by atoms with Gasteiger partial charge in [-0.15, -0.1) is 0 Å². The standard InChI is InChI=1S/C11H7ClF3N/c1-5-2-10(11(14)15)16-9-4-8(13)7(12)3-6(5)9/h2-4,11H,1H3. The van der Waals surface area contributed by atoms with Crippen LogP contribution in [0, 0.1) is 12.7 Å². The maximum absolute atomic E-state index is 13.2. The van der Waals surface area contributed by atoms with E-state index in [4.69, 9.17) is 11.6 Å². The van der Waals surface area contributed by atoms with Crippen LogP contribution in [0.15, 0.2) is 18.2 Å². The van der Waals surface area contributed by atoms with E-state index in [-0.39, 0.29) is 16.2 Å². The molecule has 84 valence electrons. The van der Waals surface area contributed by atoms with Crippen LogP contribution in [0.25, 0.3) is 10.9 Å². The van der Waals surface area contributed by atoms with Crippen LogP contribution in [-0.2, 0) is 0 Å². The molecule has 2 rings (SSSR count). The number of nitrogens with zero attached hydrogens (tertiary/aromatic N) is 1. The van der Waals surface area contributed by atoms with Crippen LogP contribution in [0.4, 0.5) is 13.2 Å². The predicted molar refractivity (Wildman–Crippen MR) is 56.4 cm³/mol. The Balaban J connectivity index is 2.77. The van der Waals surface area contributed by atoms with Gasteiger partial charge in [-0.05, 0) is 24.6 Å². The summed E-state index contributed by atoms with van der Waals surface area (Å²) in [7, 11) is 0. The van der Waals surface area contributed by atoms with Crippen molar-refractivity contribution < 1.29 is 13.2 Å². The van der Waals surface area contributed by atoms with Gasteiger partial charge in [0.1, 0.15) is 11.5 Å². The van der Waals surface area contributed by atoms with E-state index in [2.05, 4.69) is 4.98 Å². The minimum absolute atomic E-state index is 0.0396. The van der Waals surface area contributed by atoms with Crippen LogP contribution in [0.5, 0.6) is 0 Å². The van der Waals surface area contributed by atoms with Crippen molar-refractivity contribution >= 4 is 22.5 Å². The number of fused-ring (bicyclic) bond motifs is 1. The molecule has 0 fully saturated rings. The van der Waals surface area contributed by atoms with Gasteiger partial charge >= 0.3 is 0 Å². The Morgan fingerprint density at radius 2 is 1.94 bits per heavy atom. The summed E-state index contributed by atoms with van der Waals surface area (Å²) in [6, 6.07) is 3.74. The predicted octanol–water partition coefficient (Wildman–Crippen LogP) is 4.27. The van der Waals surface area contributed by atoms with Gasteiger partial charge in [-0.25, -0.2) is 18.2 Å². The third kappa shape index (κ3) is 1.85. The van der Waals surface area contributed by atoms with Crippen molar-refractivity contribution in [2.24, 2.45) is 0 Å². The lowest BCUT2D eigenvalue weighted by Crippen LogP contribution is -1.94. The lowest BCUT2D eigenvalue weighted by Gasteiger charge is -2.06. The molecule has 0 aliphatic carbocycles. The van der Waals surface area contributed by atoms with E-state index in [1.807, 2.05) is 0 Å². The largest absolute Gasteiger partial charge is 0.280 e. The first-order valence-electron chi connectivity index (χ1n) is 4.53. The zero-order chi connectivity index (χ0) is 11.9. The molecule has 0 unspecified atom stereocenters. The molecule has 0 saturated heterocycles. The van der Waals surface area contributed by atoms with Gasteiger partial charge in [-0.3, -0.25) is 0 Å². The summed E-state index contributed by atoms with van der Waals surface area (Å²) in [5.74, 6) is -0.660. The average molecular weight is 246 g/mol. The van der Waals surface area contributed by atoms with Gasteiger partial charge in [-0.1, -0.05) is 11.6 Å². The second-order valence-corrected chi connectivity index (χ2v) is 3.86. The molecular formula is C11H7ClF3N. The number of benzene rings is 1. The molecular weight excluding hydrogens is 239 g/mol. The number of alkyl halides is 2. The molecule has 0 aliphatic rings. The number of aryl methyl sites for hydroxylation is 1. The number of aromatic nitrogens is 1. The highest BCUT2D eigenvalue weighted by Crippen LogP contribution is 2.27. The molecule has 0 atom stereocenters. The molecule has 0 bridgehead atoms. The first-order valence-corrected chi connectivity index (χ1v) is 4.91. The van der Waals surface area contributed by atoms with Crippen LogP contribution in [0.1, 0.15) is 17.7 Å². The maximum Gasteiger partial charge on any atom is 0.280 e. The van der Waals surface area contributed by atoms with Gasteiger partial charge in [0.05, 0.1) is 10.5 Å². The van der Waals surface area contributed by atoms with E-state index >= 15 is 0 Å². The number of hydrogen-bond donors (Lipinski definition) is 0. The Kier molecular flexibility index (Phi) is 2.76. The molecule has 0 saturated carbocycles. The first kappa shape index (κ1) is 11.2. The molecule has 5 heteroatoms. The topological polar surface area (TPSA) is 12.9 Å². The number of pyridine rings is 1. The van der Waals surface area contributed by atoms with Crippen LogP contribution in [-0.4, -0.2) is 4.98 Å². The van der Waals surface area contributed by atoms with Crippen LogP contribution >= 0.6 is 11.6 Å². The highest BCUT2D eigenvalue weighted by Gasteiger charge is 2.13. The molecule has 1 aromatic heterocycles. The van der Waals surface area contributed by atoms with E-state index in [0.717, 1.165) is 6.07 Å². The van der Waals surface area contributed by atoms with Crippen molar-refractivity contribution in [1.29, 1.82) is 0 Å². The fourth-order valence-electron chi connectivity index (χ4n) is 1.53. The lowest BCUT2D eigenvalue weighted by atomic mass is 10.1. The van der Waals surface area contributed by atoms with Crippen LogP contribution in [0.2, 0.25) is 5.02 Å². The minimum Gasteiger partial charge on any atom is -0.247 e. The Labute approximate surface area is 94.9 Å². The Hall–Kier alpha value is -1.29. The van der Waals surface area contributed by atoms with Gasteiger partial charge < -0.3 is 0 Å². The zero-order valence-electron chi connectivity index (χ0n) is 8.27. The van der Waals surface area contributed by atoms with Gasteiger partial charge in [0, 0.05) is 11.5 Å². The van der Waals surface area contributed by atoms with E-state index in [1.54, 1.807) is 6.92 Å². The molecule has 2 aromatic rings. The SMILES string of the molecule is Cc1cc(C(F)F)nc2cc(F)c(Cl)cc12. The second-order valence-electron chi connectivity index (χ2n) is 3.45. The van der Waals surface area contributed by atoms with Gasteiger partial charge in [0.25, 0.3) is 6.43 Å². The van der Waals surface area contributed by atoms with Gasteiger partial charge in [-0.2, -0.15) is 0 Å². The normalized spacial score (nSPS) is 11.4. The smallest absolute Gasteiger partial charge is 0.247 e. The van der Waals surface area contributed by atoms with E-state index in [0.29, 0.717) is 10.9 Å². The third-order valence-corrected chi connectivity index (χ3v) is 2.59. The fourth-order valence-corrected chi connectivity index (χ4v) is 1.69. The van der Waals surface area contributed by atoms with Crippen molar-refractivity contribution in [2.45, 2.75) is 13.3 Å². The molecule has 0 spiro atoms. The summed E-state index contributed by atoms with van der Waals surface area (Å²) in [4.78, 5) is 3.69. The van der Waals surface area contributed by atoms with Gasteiger partial charge in [0.15, 0.2) is 0 Å². The number of hydrogen-bond acceptors (Lipinski definition) is 1. The third-order valence-electron chi connectivity index (χ3n) is 2.30. The fraction of sp³-hybridized carbons (Fsp3) is 0.182. The van der Waals surface area contributed by atoms with Crippen molar-refractivity contribution in [1.82, 2.24) is 4.98 Å². The summed E-state index contributed by atoms with van der Waals surface area (Å²) >= 11 is 5.61. The quantitative estimate of drug-likeness (QED) is 0.731. The number of halogens is 4. The lowest BCUT2D eigenvalue weighted by molar-refractivity contribution is 0.146. The summed E-state index contributed by atoms with van der Waals surface area (Å²) in [5, 5.41) is 0.540. The zero-order valence-corrected chi connectivity index (χ0v) is 9.02. The maximum atomic E-state index is 13.2. The molecule has 0 amide bonds. The summed E-state index contributed by atoms with van der Waals surface area (Å²) in [6.45, 7) is 1.66. The average Bonchev–Trinajstić information content (AvgIpc) is 2.20. The van der Waals surface area contributed by atoms with Crippen molar-refractivity contribution in [3.63, 3.8) is 0 Å². The monoisotopic (exact) mass is 245 g/mol. The highest BCUT2D eigenvalue weighted by molar-refractivity contribution is 6.31. The Bertz CT molecular complexity index is 554. The molecule has 1 heterocycles. The second kappa shape index (κ2) is 3.94. The molecule has 0 radical (unpaired) electrons. The van der Waals surface area contributed by atoms with Crippen molar-refractivity contribution in [3.8, 4) is 0 Å². The molecule has 16 heavy (non-hydrogen) atoms. The van der Waals surface area contributed by atoms with Crippen LogP contribution < -0.4 is 0 Å². The van der Waals surface area contributed by atoms with E-state index in [1.165, 1.54) is 12.1 Å². The van der Waals surface area contributed by atoms with E-state index in [9.17, 15) is 13.2 Å². The van der Waals surface area contributed by atoms with Crippen LogP contribution in [0.3, 0.4) is 0 Å². The highest BCUT2D eigenvalue weighted by atomic mass is 35.5. The Morgan fingerprint density at radius 3 is 2.56 bits per heavy atom. The summed E-state index contributed by atoms with van der Waals surface area (Å²) in [5.41, 5.74) is 0.436. The van der Waals surface area contributed by atoms with Crippen molar-refractivity contribution in [2.75, 3.05) is 0 Å². The Morgan fingerprint density at radius 1 is 1.25 bits per heavy atom. The molecule has 1 aromatic carbocycles. The number of rotatable bonds is 1. The summed E-state index contributed by atoms with van der Waals surface area (Å²) in [6.07, 6.45) is -2.66. The molecule has 0 aliphatic heterocycles. The van der Waals surface area contributed by atoms with E-state index < -0.39 is 12.2 Å². The molecule has 0 N–H and O–H groups in total. The van der Waals surface area contributed by atoms with Gasteiger partial charge in [0.2, 0.25) is 0 Å². The summed E-state index contributed by atoms with van der Waals surface area (Å²) < 4.78 is 38.1. The minimum atomic E-state index is -2.66. The van der Waals surface area contributed by atoms with Crippen molar-refractivity contribution in [3.05, 3.63) is 40.3 Å². The first-order chi connectivity index (χ1) is 7.49. The molecule has 1 nitrogen and oxygen atoms in total.